The Labute approximate surface area is 154 Å². The van der Waals surface area contributed by atoms with E-state index in [2.05, 4.69) is 51.2 Å². The molecule has 0 unspecified atom stereocenters. The molecular weight excluding hydrogens is 328 g/mol. The zero-order chi connectivity index (χ0) is 18.4. The molecular formula is C20H24N4O2. The molecule has 0 amide bonds. The highest BCUT2D eigenvalue weighted by Crippen LogP contribution is 2.16. The van der Waals surface area contributed by atoms with E-state index in [0.29, 0.717) is 5.56 Å². The largest absolute Gasteiger partial charge is 0.465 e. The van der Waals surface area contributed by atoms with Crippen LogP contribution < -0.4 is 0 Å². The number of aryl methyl sites for hydroxylation is 1. The lowest BCUT2D eigenvalue weighted by atomic mass is 10.1. The van der Waals surface area contributed by atoms with Crippen LogP contribution in [0.15, 0.2) is 58.9 Å². The Kier molecular flexibility index (Phi) is 5.96. The van der Waals surface area contributed by atoms with E-state index in [4.69, 9.17) is 0 Å². The molecule has 1 aliphatic heterocycles. The average molecular weight is 352 g/mol. The van der Waals surface area contributed by atoms with Crippen molar-refractivity contribution in [1.29, 1.82) is 0 Å². The van der Waals surface area contributed by atoms with Gasteiger partial charge in [-0.2, -0.15) is 0 Å². The zero-order valence-corrected chi connectivity index (χ0v) is 15.3. The molecule has 0 N–H and O–H groups in total. The van der Waals surface area contributed by atoms with Crippen molar-refractivity contribution < 1.29 is 9.53 Å². The van der Waals surface area contributed by atoms with Crippen molar-refractivity contribution in [3.8, 4) is 0 Å². The van der Waals surface area contributed by atoms with Gasteiger partial charge in [0.05, 0.1) is 31.5 Å². The summed E-state index contributed by atoms with van der Waals surface area (Å²) in [5.74, 6) is -0.349. The summed E-state index contributed by atoms with van der Waals surface area (Å²) < 4.78 is 4.68. The number of nitrogens with zero attached hydrogens (tertiary/aromatic N) is 4. The van der Waals surface area contributed by atoms with Gasteiger partial charge >= 0.3 is 5.97 Å². The van der Waals surface area contributed by atoms with Crippen LogP contribution in [0.4, 0.5) is 5.69 Å². The number of methoxy groups -OCH3 is 1. The highest BCUT2D eigenvalue weighted by atomic mass is 16.5. The SMILES string of the molecule is COC(=O)c1ccc(/N=N/N2CCN(Cc3ccc(C)cc3)CC2)cc1. The minimum absolute atomic E-state index is 0.349. The minimum Gasteiger partial charge on any atom is -0.465 e. The van der Waals surface area contributed by atoms with Crippen LogP contribution in [-0.2, 0) is 11.3 Å². The minimum atomic E-state index is -0.349. The summed E-state index contributed by atoms with van der Waals surface area (Å²) in [6.07, 6.45) is 0. The number of esters is 1. The highest BCUT2D eigenvalue weighted by molar-refractivity contribution is 5.89. The van der Waals surface area contributed by atoms with E-state index in [1.165, 1.54) is 18.2 Å². The molecule has 0 bridgehead atoms. The van der Waals surface area contributed by atoms with Gasteiger partial charge in [-0.15, -0.1) is 5.11 Å². The maximum absolute atomic E-state index is 11.4. The van der Waals surface area contributed by atoms with E-state index in [-0.39, 0.29) is 5.97 Å². The van der Waals surface area contributed by atoms with Gasteiger partial charge in [0, 0.05) is 19.6 Å². The first-order chi connectivity index (χ1) is 12.6. The number of benzene rings is 2. The monoisotopic (exact) mass is 352 g/mol. The fraction of sp³-hybridized carbons (Fsp3) is 0.350. The van der Waals surface area contributed by atoms with Crippen molar-refractivity contribution in [1.82, 2.24) is 9.91 Å². The average Bonchev–Trinajstić information content (AvgIpc) is 2.69. The lowest BCUT2D eigenvalue weighted by molar-refractivity contribution is 0.0601. The third kappa shape index (κ3) is 4.89. The van der Waals surface area contributed by atoms with Crippen LogP contribution in [0, 0.1) is 6.92 Å². The van der Waals surface area contributed by atoms with Crippen LogP contribution in [0.25, 0.3) is 0 Å². The van der Waals surface area contributed by atoms with Crippen molar-refractivity contribution in [2.45, 2.75) is 13.5 Å². The van der Waals surface area contributed by atoms with Crippen molar-refractivity contribution in [3.63, 3.8) is 0 Å². The van der Waals surface area contributed by atoms with Crippen LogP contribution in [0.1, 0.15) is 21.5 Å². The Morgan fingerprint density at radius 3 is 2.27 bits per heavy atom. The van der Waals surface area contributed by atoms with E-state index >= 15 is 0 Å². The highest BCUT2D eigenvalue weighted by Gasteiger charge is 2.15. The molecule has 0 aliphatic carbocycles. The molecule has 6 heteroatoms. The third-order valence-electron chi connectivity index (χ3n) is 4.45. The second-order valence-electron chi connectivity index (χ2n) is 6.44. The predicted octanol–water partition coefficient (Wildman–Crippen LogP) is 3.60. The summed E-state index contributed by atoms with van der Waals surface area (Å²) in [6, 6.07) is 15.6. The Hall–Kier alpha value is -2.73. The van der Waals surface area contributed by atoms with Gasteiger partial charge in [0.1, 0.15) is 0 Å². The van der Waals surface area contributed by atoms with Crippen LogP contribution in [0.2, 0.25) is 0 Å². The normalized spacial score (nSPS) is 15.4. The quantitative estimate of drug-likeness (QED) is 0.609. The van der Waals surface area contributed by atoms with Crippen molar-refractivity contribution >= 4 is 11.7 Å². The van der Waals surface area contributed by atoms with Gasteiger partial charge in [0.15, 0.2) is 0 Å². The Morgan fingerprint density at radius 2 is 1.65 bits per heavy atom. The second kappa shape index (κ2) is 8.58. The van der Waals surface area contributed by atoms with Crippen LogP contribution in [0.5, 0.6) is 0 Å². The topological polar surface area (TPSA) is 57.5 Å². The fourth-order valence-corrected chi connectivity index (χ4v) is 2.83. The summed E-state index contributed by atoms with van der Waals surface area (Å²) in [5.41, 5.74) is 3.87. The lowest BCUT2D eigenvalue weighted by Gasteiger charge is -2.32. The smallest absolute Gasteiger partial charge is 0.337 e. The van der Waals surface area contributed by atoms with Crippen molar-refractivity contribution in [2.75, 3.05) is 33.3 Å². The van der Waals surface area contributed by atoms with Crippen LogP contribution in [0.3, 0.4) is 0 Å². The van der Waals surface area contributed by atoms with E-state index in [1.807, 2.05) is 5.01 Å². The molecule has 26 heavy (non-hydrogen) atoms. The van der Waals surface area contributed by atoms with Crippen LogP contribution in [-0.4, -0.2) is 49.2 Å². The molecule has 0 saturated carbocycles. The number of piperazine rings is 1. The Bertz CT molecular complexity index is 748. The van der Waals surface area contributed by atoms with E-state index in [1.54, 1.807) is 24.3 Å². The van der Waals surface area contributed by atoms with Crippen LogP contribution >= 0.6 is 0 Å². The second-order valence-corrected chi connectivity index (χ2v) is 6.44. The standard InChI is InChI=1S/C20H24N4O2/c1-16-3-5-17(6-4-16)15-23-11-13-24(14-12-23)22-21-19-9-7-18(8-10-19)20(25)26-2/h3-10H,11-15H2,1-2H3/b22-21+. The van der Waals surface area contributed by atoms with E-state index in [0.717, 1.165) is 38.4 Å². The number of ether oxygens (including phenoxy) is 1. The first kappa shape index (κ1) is 18.1. The van der Waals surface area contributed by atoms with Gasteiger partial charge in [0.2, 0.25) is 0 Å². The number of carbonyl (C=O) groups excluding carboxylic acids is 1. The van der Waals surface area contributed by atoms with Gasteiger partial charge in [-0.25, -0.2) is 4.79 Å². The van der Waals surface area contributed by atoms with Gasteiger partial charge in [-0.1, -0.05) is 35.1 Å². The van der Waals surface area contributed by atoms with E-state index < -0.39 is 0 Å². The molecule has 0 aromatic heterocycles. The molecule has 136 valence electrons. The third-order valence-corrected chi connectivity index (χ3v) is 4.45. The van der Waals surface area contributed by atoms with Gasteiger partial charge in [-0.3, -0.25) is 9.91 Å². The predicted molar refractivity (Wildman–Crippen MR) is 100 cm³/mol. The molecule has 0 radical (unpaired) electrons. The molecule has 0 atom stereocenters. The molecule has 1 aliphatic rings. The van der Waals surface area contributed by atoms with E-state index in [9.17, 15) is 4.79 Å². The summed E-state index contributed by atoms with van der Waals surface area (Å²) in [6.45, 7) is 6.73. The summed E-state index contributed by atoms with van der Waals surface area (Å²) in [7, 11) is 1.37. The number of hydrogen-bond donors (Lipinski definition) is 0. The van der Waals surface area contributed by atoms with Crippen molar-refractivity contribution in [2.24, 2.45) is 10.3 Å². The van der Waals surface area contributed by atoms with Gasteiger partial charge in [-0.05, 0) is 36.8 Å². The summed E-state index contributed by atoms with van der Waals surface area (Å²) in [5, 5.41) is 10.6. The summed E-state index contributed by atoms with van der Waals surface area (Å²) >= 11 is 0. The molecule has 1 heterocycles. The molecule has 1 saturated heterocycles. The number of hydrogen-bond acceptors (Lipinski definition) is 5. The number of carbonyl (C=O) groups is 1. The Morgan fingerprint density at radius 1 is 1.00 bits per heavy atom. The maximum Gasteiger partial charge on any atom is 0.337 e. The van der Waals surface area contributed by atoms with Gasteiger partial charge in [0.25, 0.3) is 0 Å². The first-order valence-electron chi connectivity index (χ1n) is 8.77. The lowest BCUT2D eigenvalue weighted by Crippen LogP contribution is -2.43. The van der Waals surface area contributed by atoms with Crippen molar-refractivity contribution in [3.05, 3.63) is 65.2 Å². The molecule has 2 aromatic rings. The molecule has 1 fully saturated rings. The molecule has 3 rings (SSSR count). The zero-order valence-electron chi connectivity index (χ0n) is 15.3. The molecule has 2 aromatic carbocycles. The maximum atomic E-state index is 11.4. The summed E-state index contributed by atoms with van der Waals surface area (Å²) in [4.78, 5) is 13.9. The van der Waals surface area contributed by atoms with Gasteiger partial charge < -0.3 is 4.74 Å². The first-order valence-corrected chi connectivity index (χ1v) is 8.77. The number of rotatable bonds is 5. The fourth-order valence-electron chi connectivity index (χ4n) is 2.83. The molecule has 0 spiro atoms. The molecule has 6 nitrogen and oxygen atoms in total. The Balaban J connectivity index is 1.48.